The van der Waals surface area contributed by atoms with Gasteiger partial charge in [0.2, 0.25) is 5.91 Å². The number of anilines is 1. The van der Waals surface area contributed by atoms with Crippen LogP contribution in [0.3, 0.4) is 0 Å². The number of nitrogens with zero attached hydrogens (tertiary/aromatic N) is 3. The zero-order valence-corrected chi connectivity index (χ0v) is 19.0. The highest BCUT2D eigenvalue weighted by Crippen LogP contribution is 2.30. The average Bonchev–Trinajstić information content (AvgIpc) is 2.79. The van der Waals surface area contributed by atoms with E-state index in [1.165, 1.54) is 11.1 Å². The van der Waals surface area contributed by atoms with E-state index >= 15 is 0 Å². The third-order valence-electron chi connectivity index (χ3n) is 5.54. The van der Waals surface area contributed by atoms with Gasteiger partial charge in [0.15, 0.2) is 5.16 Å². The van der Waals surface area contributed by atoms with Crippen molar-refractivity contribution in [2.75, 3.05) is 18.0 Å². The minimum atomic E-state index is -0.207. The smallest absolute Gasteiger partial charge is 0.220 e. The van der Waals surface area contributed by atoms with Crippen LogP contribution in [0, 0.1) is 12.8 Å². The summed E-state index contributed by atoms with van der Waals surface area (Å²) in [7, 11) is 0. The highest BCUT2D eigenvalue weighted by Gasteiger charge is 2.24. The Labute approximate surface area is 192 Å². The zero-order valence-electron chi connectivity index (χ0n) is 17.4. The van der Waals surface area contributed by atoms with Gasteiger partial charge in [-0.15, -0.1) is 0 Å². The first-order valence-corrected chi connectivity index (χ1v) is 11.7. The maximum Gasteiger partial charge on any atom is 0.220 e. The monoisotopic (exact) mass is 452 g/mol. The lowest BCUT2D eigenvalue weighted by molar-refractivity contribution is -0.122. The van der Waals surface area contributed by atoms with Gasteiger partial charge in [0.1, 0.15) is 5.82 Å². The lowest BCUT2D eigenvalue weighted by Crippen LogP contribution is -2.39. The predicted molar refractivity (Wildman–Crippen MR) is 127 cm³/mol. The molecule has 2 N–H and O–H groups in total. The van der Waals surface area contributed by atoms with Crippen molar-refractivity contribution < 1.29 is 4.79 Å². The molecule has 0 bridgehead atoms. The van der Waals surface area contributed by atoms with Gasteiger partial charge in [-0.05, 0) is 37.5 Å². The molecule has 160 valence electrons. The Morgan fingerprint density at radius 1 is 1.10 bits per heavy atom. The first kappa shape index (κ1) is 21.7. The lowest BCUT2D eigenvalue weighted by atomic mass is 9.96. The van der Waals surface area contributed by atoms with Crippen LogP contribution in [0.25, 0.3) is 11.3 Å². The summed E-state index contributed by atoms with van der Waals surface area (Å²) >= 11 is 7.61. The molecular weight excluding hydrogens is 428 g/mol. The Balaban J connectivity index is 1.59. The fourth-order valence-electron chi connectivity index (χ4n) is 3.63. The van der Waals surface area contributed by atoms with Crippen LogP contribution in [0.2, 0.25) is 5.02 Å². The summed E-state index contributed by atoms with van der Waals surface area (Å²) in [5, 5.41) is 1.47. The third-order valence-corrected chi connectivity index (χ3v) is 6.71. The van der Waals surface area contributed by atoms with Crippen LogP contribution in [-0.2, 0) is 10.5 Å². The summed E-state index contributed by atoms with van der Waals surface area (Å²) in [5.74, 6) is 1.40. The van der Waals surface area contributed by atoms with E-state index < -0.39 is 0 Å². The van der Waals surface area contributed by atoms with Crippen molar-refractivity contribution in [2.24, 2.45) is 11.7 Å². The molecule has 0 atom stereocenters. The van der Waals surface area contributed by atoms with Crippen molar-refractivity contribution >= 4 is 35.1 Å². The molecule has 3 aromatic rings. The second-order valence-corrected chi connectivity index (χ2v) is 9.22. The molecule has 1 aromatic heterocycles. The Morgan fingerprint density at radius 3 is 2.42 bits per heavy atom. The van der Waals surface area contributed by atoms with Crippen molar-refractivity contribution in [3.63, 3.8) is 0 Å². The van der Waals surface area contributed by atoms with Gasteiger partial charge >= 0.3 is 0 Å². The number of aromatic nitrogens is 2. The standard InChI is InChI=1S/C24H25ClN4OS/c1-16-2-6-18(7-3-16)21-14-22(29-12-10-19(11-13-29)23(26)30)28-24(27-21)31-15-17-4-8-20(25)9-5-17/h2-9,14,19H,10-13,15H2,1H3,(H2,26,30). The molecule has 1 saturated heterocycles. The van der Waals surface area contributed by atoms with Gasteiger partial charge in [-0.2, -0.15) is 0 Å². The molecule has 1 aliphatic heterocycles. The highest BCUT2D eigenvalue weighted by molar-refractivity contribution is 7.98. The topological polar surface area (TPSA) is 72.1 Å². The number of benzene rings is 2. The molecule has 1 amide bonds. The van der Waals surface area contributed by atoms with Crippen molar-refractivity contribution in [3.8, 4) is 11.3 Å². The van der Waals surface area contributed by atoms with Gasteiger partial charge in [0.25, 0.3) is 0 Å². The minimum Gasteiger partial charge on any atom is -0.369 e. The summed E-state index contributed by atoms with van der Waals surface area (Å²) in [4.78, 5) is 23.4. The zero-order chi connectivity index (χ0) is 21.8. The molecule has 0 radical (unpaired) electrons. The Hall–Kier alpha value is -2.57. The number of aryl methyl sites for hydroxylation is 1. The molecule has 0 aliphatic carbocycles. The number of carbonyl (C=O) groups is 1. The first-order valence-electron chi connectivity index (χ1n) is 10.4. The molecule has 31 heavy (non-hydrogen) atoms. The van der Waals surface area contributed by atoms with E-state index in [4.69, 9.17) is 27.3 Å². The van der Waals surface area contributed by atoms with Crippen molar-refractivity contribution in [1.29, 1.82) is 0 Å². The molecule has 5 nitrogen and oxygen atoms in total. The average molecular weight is 453 g/mol. The van der Waals surface area contributed by atoms with Crippen LogP contribution < -0.4 is 10.6 Å². The molecule has 2 aromatic carbocycles. The number of halogens is 1. The van der Waals surface area contributed by atoms with E-state index in [2.05, 4.69) is 36.1 Å². The number of primary amides is 1. The molecule has 4 rings (SSSR count). The molecule has 0 unspecified atom stereocenters. The van der Waals surface area contributed by atoms with E-state index in [1.54, 1.807) is 11.8 Å². The maximum absolute atomic E-state index is 11.5. The Morgan fingerprint density at radius 2 is 1.77 bits per heavy atom. The van der Waals surface area contributed by atoms with Gasteiger partial charge in [0, 0.05) is 41.4 Å². The molecule has 1 fully saturated rings. The second-order valence-electron chi connectivity index (χ2n) is 7.84. The molecule has 0 spiro atoms. The van der Waals surface area contributed by atoms with Crippen LogP contribution in [0.5, 0.6) is 0 Å². The van der Waals surface area contributed by atoms with Gasteiger partial charge in [-0.25, -0.2) is 9.97 Å². The van der Waals surface area contributed by atoms with Gasteiger partial charge < -0.3 is 10.6 Å². The van der Waals surface area contributed by atoms with Crippen LogP contribution in [0.4, 0.5) is 5.82 Å². The lowest BCUT2D eigenvalue weighted by Gasteiger charge is -2.31. The molecule has 2 heterocycles. The Bertz CT molecular complexity index is 1050. The normalized spacial score (nSPS) is 14.6. The molecular formula is C24H25ClN4OS. The SMILES string of the molecule is Cc1ccc(-c2cc(N3CCC(C(N)=O)CC3)nc(SCc3ccc(Cl)cc3)n2)cc1. The van der Waals surface area contributed by atoms with Crippen molar-refractivity contribution in [2.45, 2.75) is 30.7 Å². The maximum atomic E-state index is 11.5. The van der Waals surface area contributed by atoms with Gasteiger partial charge in [-0.3, -0.25) is 4.79 Å². The van der Waals surface area contributed by atoms with E-state index in [0.717, 1.165) is 58.9 Å². The summed E-state index contributed by atoms with van der Waals surface area (Å²) in [6.45, 7) is 3.60. The molecule has 0 saturated carbocycles. The third kappa shape index (κ3) is 5.57. The van der Waals surface area contributed by atoms with Crippen LogP contribution >= 0.6 is 23.4 Å². The van der Waals surface area contributed by atoms with E-state index in [9.17, 15) is 4.79 Å². The number of carbonyl (C=O) groups excluding carboxylic acids is 1. The molecule has 7 heteroatoms. The number of rotatable bonds is 6. The number of thioether (sulfide) groups is 1. The van der Waals surface area contributed by atoms with Crippen LogP contribution in [0.15, 0.2) is 59.8 Å². The van der Waals surface area contributed by atoms with E-state index in [-0.39, 0.29) is 11.8 Å². The van der Waals surface area contributed by atoms with Crippen LogP contribution in [-0.4, -0.2) is 29.0 Å². The highest BCUT2D eigenvalue weighted by atomic mass is 35.5. The first-order chi connectivity index (χ1) is 15.0. The number of piperidine rings is 1. The van der Waals surface area contributed by atoms with Crippen LogP contribution in [0.1, 0.15) is 24.0 Å². The fourth-order valence-corrected chi connectivity index (χ4v) is 4.57. The second kappa shape index (κ2) is 9.71. The molecule has 1 aliphatic rings. The summed E-state index contributed by atoms with van der Waals surface area (Å²) in [6.07, 6.45) is 1.51. The van der Waals surface area contributed by atoms with E-state index in [0.29, 0.717) is 0 Å². The minimum absolute atomic E-state index is 0.0478. The summed E-state index contributed by atoms with van der Waals surface area (Å²) in [5.41, 5.74) is 9.85. The van der Waals surface area contributed by atoms with Crippen molar-refractivity contribution in [3.05, 3.63) is 70.7 Å². The quantitative estimate of drug-likeness (QED) is 0.416. The largest absolute Gasteiger partial charge is 0.369 e. The summed E-state index contributed by atoms with van der Waals surface area (Å²) < 4.78 is 0. The number of hydrogen-bond acceptors (Lipinski definition) is 5. The summed E-state index contributed by atoms with van der Waals surface area (Å²) in [6, 6.07) is 18.3. The fraction of sp³-hybridized carbons (Fsp3) is 0.292. The van der Waals surface area contributed by atoms with E-state index in [1.807, 2.05) is 30.3 Å². The van der Waals surface area contributed by atoms with Gasteiger partial charge in [0.05, 0.1) is 5.69 Å². The Kier molecular flexibility index (Phi) is 6.78. The van der Waals surface area contributed by atoms with Gasteiger partial charge in [-0.1, -0.05) is 65.3 Å². The number of nitrogens with two attached hydrogens (primary N) is 1. The van der Waals surface area contributed by atoms with Crippen molar-refractivity contribution in [1.82, 2.24) is 9.97 Å². The predicted octanol–water partition coefficient (Wildman–Crippen LogP) is 5.10. The number of amides is 1. The number of hydrogen-bond donors (Lipinski definition) is 1.